The molecule has 0 saturated carbocycles. The van der Waals surface area contributed by atoms with Crippen LogP contribution < -0.4 is 0 Å². The molecular formula is C16H9ClN6O2S. The number of hydrogen-bond acceptors (Lipinski definition) is 7. The molecule has 1 heterocycles. The van der Waals surface area contributed by atoms with Crippen molar-refractivity contribution in [1.29, 1.82) is 5.26 Å². The molecule has 1 aromatic heterocycles. The van der Waals surface area contributed by atoms with E-state index in [2.05, 4.69) is 15.5 Å². The van der Waals surface area contributed by atoms with E-state index in [1.807, 2.05) is 6.07 Å². The lowest BCUT2D eigenvalue weighted by atomic mass is 10.2. The Hall–Kier alpha value is -3.22. The molecule has 0 fully saturated rings. The summed E-state index contributed by atoms with van der Waals surface area (Å²) in [6, 6.07) is 14.9. The summed E-state index contributed by atoms with van der Waals surface area (Å²) in [6.07, 6.45) is 1.30. The highest BCUT2D eigenvalue weighted by Gasteiger charge is 2.15. The third-order valence-electron chi connectivity index (χ3n) is 3.25. The van der Waals surface area contributed by atoms with E-state index in [-0.39, 0.29) is 5.69 Å². The van der Waals surface area contributed by atoms with E-state index in [4.69, 9.17) is 16.9 Å². The summed E-state index contributed by atoms with van der Waals surface area (Å²) in [5.41, 5.74) is 1.15. The Morgan fingerprint density at radius 1 is 1.31 bits per heavy atom. The fourth-order valence-corrected chi connectivity index (χ4v) is 3.07. The van der Waals surface area contributed by atoms with Gasteiger partial charge in [-0.15, -0.1) is 5.10 Å². The number of nitro groups is 1. The number of halogens is 1. The number of allylic oxidation sites excluding steroid dienone is 1. The fraction of sp³-hybridized carbons (Fsp3) is 0. The number of nitro benzene ring substituents is 1. The maximum absolute atomic E-state index is 11.0. The molecule has 3 rings (SSSR count). The first-order chi connectivity index (χ1) is 12.6. The minimum atomic E-state index is -0.490. The Kier molecular flexibility index (Phi) is 5.26. The second kappa shape index (κ2) is 7.77. The molecule has 8 nitrogen and oxygen atoms in total. The van der Waals surface area contributed by atoms with Crippen molar-refractivity contribution in [3.8, 4) is 11.8 Å². The zero-order valence-electron chi connectivity index (χ0n) is 13.0. The molecular weight excluding hydrogens is 376 g/mol. The summed E-state index contributed by atoms with van der Waals surface area (Å²) in [6.45, 7) is 0. The summed E-state index contributed by atoms with van der Waals surface area (Å²) >= 11 is 7.02. The largest absolute Gasteiger partial charge is 0.270 e. The van der Waals surface area contributed by atoms with Gasteiger partial charge in [0.05, 0.1) is 16.7 Å². The summed E-state index contributed by atoms with van der Waals surface area (Å²) in [4.78, 5) is 11.0. The van der Waals surface area contributed by atoms with Gasteiger partial charge < -0.3 is 0 Å². The van der Waals surface area contributed by atoms with E-state index in [1.54, 1.807) is 36.4 Å². The lowest BCUT2D eigenvalue weighted by Crippen LogP contribution is -1.99. The molecule has 2 aromatic carbocycles. The summed E-state index contributed by atoms with van der Waals surface area (Å²) in [7, 11) is 0. The molecule has 0 bridgehead atoms. The van der Waals surface area contributed by atoms with Crippen molar-refractivity contribution in [3.05, 3.63) is 75.3 Å². The van der Waals surface area contributed by atoms with Gasteiger partial charge in [0.15, 0.2) is 0 Å². The van der Waals surface area contributed by atoms with Crippen LogP contribution in [0.25, 0.3) is 10.6 Å². The van der Waals surface area contributed by atoms with E-state index in [0.717, 1.165) is 11.8 Å². The molecule has 0 saturated heterocycles. The normalized spacial score (nSPS) is 11.2. The minimum absolute atomic E-state index is 0.0655. The zero-order chi connectivity index (χ0) is 18.5. The highest BCUT2D eigenvalue weighted by atomic mass is 35.5. The van der Waals surface area contributed by atoms with E-state index in [1.165, 1.54) is 22.9 Å². The van der Waals surface area contributed by atoms with Gasteiger partial charge >= 0.3 is 0 Å². The van der Waals surface area contributed by atoms with Crippen molar-refractivity contribution in [1.82, 2.24) is 20.2 Å². The number of benzene rings is 2. The lowest BCUT2D eigenvalue weighted by Gasteiger charge is -2.07. The number of rotatable bonds is 5. The average Bonchev–Trinajstić information content (AvgIpc) is 3.10. The second-order valence-corrected chi connectivity index (χ2v) is 6.34. The van der Waals surface area contributed by atoms with Crippen molar-refractivity contribution >= 4 is 34.0 Å². The average molecular weight is 385 g/mol. The van der Waals surface area contributed by atoms with Crippen LogP contribution in [-0.2, 0) is 0 Å². The number of nitrogens with zero attached hydrogens (tertiary/aromatic N) is 6. The molecule has 0 atom stereocenters. The number of hydrogen-bond donors (Lipinski definition) is 0. The van der Waals surface area contributed by atoms with Gasteiger partial charge in [0.1, 0.15) is 0 Å². The van der Waals surface area contributed by atoms with Gasteiger partial charge in [0.2, 0.25) is 5.16 Å². The maximum atomic E-state index is 11.0. The molecule has 10 heteroatoms. The Labute approximate surface area is 156 Å². The first-order valence-corrected chi connectivity index (χ1v) is 8.34. The SMILES string of the molecule is N#C/C=C(/Sc1nnnn1-c1ccc(Cl)cc1)c1cccc([N+](=O)[O-])c1. The van der Waals surface area contributed by atoms with Crippen LogP contribution in [-0.4, -0.2) is 25.1 Å². The highest BCUT2D eigenvalue weighted by molar-refractivity contribution is 8.08. The van der Waals surface area contributed by atoms with Crippen molar-refractivity contribution < 1.29 is 4.92 Å². The topological polar surface area (TPSA) is 111 Å². The Morgan fingerprint density at radius 3 is 2.77 bits per heavy atom. The molecule has 128 valence electrons. The number of non-ortho nitro benzene ring substituents is 1. The third-order valence-corrected chi connectivity index (χ3v) is 4.51. The molecule has 0 N–H and O–H groups in total. The smallest absolute Gasteiger partial charge is 0.258 e. The van der Waals surface area contributed by atoms with Crippen LogP contribution in [0.2, 0.25) is 5.02 Å². The van der Waals surface area contributed by atoms with E-state index >= 15 is 0 Å². The van der Waals surface area contributed by atoms with Gasteiger partial charge in [-0.2, -0.15) is 9.94 Å². The van der Waals surface area contributed by atoms with Gasteiger partial charge in [-0.1, -0.05) is 23.7 Å². The lowest BCUT2D eigenvalue weighted by molar-refractivity contribution is -0.384. The van der Waals surface area contributed by atoms with Crippen LogP contribution in [0.4, 0.5) is 5.69 Å². The fourth-order valence-electron chi connectivity index (χ4n) is 2.09. The maximum Gasteiger partial charge on any atom is 0.270 e. The van der Waals surface area contributed by atoms with Crippen LogP contribution in [0.5, 0.6) is 0 Å². The predicted octanol–water partition coefficient (Wildman–Crippen LogP) is 3.88. The summed E-state index contributed by atoms with van der Waals surface area (Å²) in [5.74, 6) is 0. The summed E-state index contributed by atoms with van der Waals surface area (Å²) < 4.78 is 1.49. The van der Waals surface area contributed by atoms with Gasteiger partial charge in [-0.05, 0) is 52.0 Å². The van der Waals surface area contributed by atoms with Crippen LogP contribution in [0.3, 0.4) is 0 Å². The standard InChI is InChI=1S/C16H9ClN6O2S/c17-12-4-6-13(7-5-12)22-16(19-20-21-22)26-15(8-9-18)11-2-1-3-14(10-11)23(24)25/h1-8,10H/b15-8+. The molecule has 0 unspecified atom stereocenters. The molecule has 26 heavy (non-hydrogen) atoms. The number of aromatic nitrogens is 4. The number of thioether (sulfide) groups is 1. The molecule has 0 spiro atoms. The molecule has 0 aliphatic rings. The molecule has 0 aliphatic heterocycles. The van der Waals surface area contributed by atoms with Gasteiger partial charge in [-0.25, -0.2) is 0 Å². The quantitative estimate of drug-likeness (QED) is 0.284. The number of nitriles is 1. The first kappa shape index (κ1) is 17.6. The van der Waals surface area contributed by atoms with Crippen LogP contribution in [0.1, 0.15) is 5.56 Å². The van der Waals surface area contributed by atoms with Crippen molar-refractivity contribution in [2.75, 3.05) is 0 Å². The second-order valence-electron chi connectivity index (χ2n) is 4.90. The third kappa shape index (κ3) is 3.88. The predicted molar refractivity (Wildman–Crippen MR) is 96.7 cm³/mol. The highest BCUT2D eigenvalue weighted by Crippen LogP contribution is 2.34. The summed E-state index contributed by atoms with van der Waals surface area (Å²) in [5, 5.41) is 32.6. The zero-order valence-corrected chi connectivity index (χ0v) is 14.6. The minimum Gasteiger partial charge on any atom is -0.258 e. The molecule has 0 aliphatic carbocycles. The van der Waals surface area contributed by atoms with E-state index in [0.29, 0.717) is 26.3 Å². The Balaban J connectivity index is 1.96. The Morgan fingerprint density at radius 2 is 2.08 bits per heavy atom. The van der Waals surface area contributed by atoms with Gasteiger partial charge in [0.25, 0.3) is 5.69 Å². The van der Waals surface area contributed by atoms with E-state index in [9.17, 15) is 10.1 Å². The van der Waals surface area contributed by atoms with Gasteiger partial charge in [0, 0.05) is 28.1 Å². The van der Waals surface area contributed by atoms with E-state index < -0.39 is 4.92 Å². The van der Waals surface area contributed by atoms with Crippen molar-refractivity contribution in [3.63, 3.8) is 0 Å². The van der Waals surface area contributed by atoms with Crippen LogP contribution in [0, 0.1) is 21.4 Å². The molecule has 3 aromatic rings. The van der Waals surface area contributed by atoms with Crippen molar-refractivity contribution in [2.24, 2.45) is 0 Å². The van der Waals surface area contributed by atoms with Crippen molar-refractivity contribution in [2.45, 2.75) is 5.16 Å². The Bertz CT molecular complexity index is 1030. The first-order valence-electron chi connectivity index (χ1n) is 7.15. The molecule has 0 amide bonds. The number of tetrazole rings is 1. The monoisotopic (exact) mass is 384 g/mol. The molecule has 0 radical (unpaired) electrons. The van der Waals surface area contributed by atoms with Gasteiger partial charge in [-0.3, -0.25) is 10.1 Å². The van der Waals surface area contributed by atoms with Crippen LogP contribution in [0.15, 0.2) is 59.8 Å². The van der Waals surface area contributed by atoms with Crippen LogP contribution >= 0.6 is 23.4 Å².